The van der Waals surface area contributed by atoms with Crippen LogP contribution in [-0.2, 0) is 32.7 Å². The normalized spacial score (nSPS) is 14.0. The fourth-order valence-corrected chi connectivity index (χ4v) is 8.98. The Morgan fingerprint density at radius 2 is 0.740 bits per heavy atom. The third kappa shape index (κ3) is 61.7. The molecule has 0 heterocycles. The van der Waals surface area contributed by atoms with Gasteiger partial charge in [-0.3, -0.25) is 14.2 Å². The van der Waals surface area contributed by atoms with Crippen molar-refractivity contribution in [1.82, 2.24) is 0 Å². The van der Waals surface area contributed by atoms with E-state index in [4.69, 9.17) is 18.5 Å². The van der Waals surface area contributed by atoms with Crippen LogP contribution in [0.15, 0.2) is 109 Å². The van der Waals surface area contributed by atoms with Gasteiger partial charge in [-0.15, -0.1) is 0 Å². The molecule has 442 valence electrons. The minimum atomic E-state index is -4.64. The minimum absolute atomic E-state index is 0.0346. The van der Waals surface area contributed by atoms with E-state index in [9.17, 15) is 19.0 Å². The molecule has 0 aliphatic heterocycles. The molecule has 0 radical (unpaired) electrons. The average Bonchev–Trinajstić information content (AvgIpc) is 3.39. The third-order valence-electron chi connectivity index (χ3n) is 13.0. The summed E-state index contributed by atoms with van der Waals surface area (Å²) in [5.41, 5.74) is 0. The first-order chi connectivity index (χ1) is 37.5. The first-order valence-corrected chi connectivity index (χ1v) is 32.6. The number of carbonyl (C=O) groups excluding carboxylic acids is 2. The van der Waals surface area contributed by atoms with E-state index in [1.807, 2.05) is 21.1 Å². The van der Waals surface area contributed by atoms with E-state index in [1.165, 1.54) is 109 Å². The molecule has 2 atom stereocenters. The van der Waals surface area contributed by atoms with Crippen LogP contribution in [0.25, 0.3) is 0 Å². The monoisotopic (exact) mass is 1090 g/mol. The fraction of sp³-hybridized carbons (Fsp3) is 0.701. The van der Waals surface area contributed by atoms with Gasteiger partial charge in [-0.05, 0) is 103 Å². The van der Waals surface area contributed by atoms with Gasteiger partial charge >= 0.3 is 11.9 Å². The summed E-state index contributed by atoms with van der Waals surface area (Å²) in [6.07, 6.45) is 80.2. The van der Waals surface area contributed by atoms with Crippen LogP contribution in [0.5, 0.6) is 0 Å². The lowest BCUT2D eigenvalue weighted by Gasteiger charge is -2.28. The molecule has 0 saturated carbocycles. The molecule has 10 heteroatoms. The zero-order valence-corrected chi connectivity index (χ0v) is 51.0. The van der Waals surface area contributed by atoms with Gasteiger partial charge in [0.15, 0.2) is 6.10 Å². The van der Waals surface area contributed by atoms with Crippen LogP contribution < -0.4 is 4.89 Å². The quantitative estimate of drug-likeness (QED) is 0.0195. The highest BCUT2D eigenvalue weighted by atomic mass is 31.2. The Kier molecular flexibility index (Phi) is 54.9. The Labute approximate surface area is 474 Å². The van der Waals surface area contributed by atoms with Crippen molar-refractivity contribution in [2.75, 3.05) is 47.5 Å². The molecule has 0 N–H and O–H groups in total. The fourth-order valence-electron chi connectivity index (χ4n) is 8.25. The van der Waals surface area contributed by atoms with E-state index in [0.29, 0.717) is 17.4 Å². The molecule has 0 aliphatic carbocycles. The predicted octanol–water partition coefficient (Wildman–Crippen LogP) is 19.1. The Bertz CT molecular complexity index is 1670. The maximum Gasteiger partial charge on any atom is 0.306 e. The van der Waals surface area contributed by atoms with E-state index in [2.05, 4.69) is 123 Å². The van der Waals surface area contributed by atoms with Crippen LogP contribution in [0.2, 0.25) is 0 Å². The molecule has 0 fully saturated rings. The van der Waals surface area contributed by atoms with Gasteiger partial charge < -0.3 is 27.9 Å². The van der Waals surface area contributed by atoms with Crippen molar-refractivity contribution in [1.29, 1.82) is 0 Å². The maximum absolute atomic E-state index is 12.8. The number of phosphoric acid groups is 1. The van der Waals surface area contributed by atoms with E-state index in [-0.39, 0.29) is 26.1 Å². The Morgan fingerprint density at radius 3 is 1.12 bits per heavy atom. The Balaban J connectivity index is 3.96. The van der Waals surface area contributed by atoms with Gasteiger partial charge in [0, 0.05) is 12.8 Å². The maximum atomic E-state index is 12.8. The summed E-state index contributed by atoms with van der Waals surface area (Å²) in [7, 11) is 1.16. The molecular formula is C67H116NO8P. The summed E-state index contributed by atoms with van der Waals surface area (Å²) in [6, 6.07) is 0. The number of ether oxygens (including phenoxy) is 2. The number of likely N-dealkylation sites (N-methyl/N-ethyl adjacent to an activating group) is 1. The number of allylic oxidation sites excluding steroid dienone is 18. The highest BCUT2D eigenvalue weighted by Crippen LogP contribution is 2.38. The number of carbonyl (C=O) groups is 2. The number of hydrogen-bond donors (Lipinski definition) is 0. The molecule has 0 rings (SSSR count). The molecule has 2 unspecified atom stereocenters. The van der Waals surface area contributed by atoms with E-state index in [0.717, 1.165) is 109 Å². The lowest BCUT2D eigenvalue weighted by Crippen LogP contribution is -2.37. The van der Waals surface area contributed by atoms with Gasteiger partial charge in [-0.1, -0.05) is 245 Å². The standard InChI is InChI=1S/C67H116NO8P/c1-6-8-10-12-14-16-18-20-21-22-23-24-25-26-27-28-29-30-31-32-33-34-35-36-37-38-39-40-41-42-43-44-45-46-47-48-50-52-54-56-58-60-67(70)76-65(64-75-77(71,72)74-62-61-68(3,4)5)63-73-66(69)59-57-55-53-51-49-19-17-15-13-11-9-7-2/h8,10,14-17,20-21,23-24,26-27,29-30,32-33,35-36,65H,6-7,9,11-13,18-19,22,25,28,31,34,37-64H2,1-5H3/b10-8-,16-14-,17-15-,21-20-,24-23-,27-26-,30-29-,33-32-,36-35-. The molecule has 0 aromatic carbocycles. The molecule has 9 nitrogen and oxygen atoms in total. The molecule has 0 saturated heterocycles. The topological polar surface area (TPSA) is 111 Å². The number of hydrogen-bond acceptors (Lipinski definition) is 8. The van der Waals surface area contributed by atoms with Crippen molar-refractivity contribution in [2.24, 2.45) is 0 Å². The number of rotatable bonds is 56. The molecule has 0 amide bonds. The molecular weight excluding hydrogens is 978 g/mol. The van der Waals surface area contributed by atoms with Crippen LogP contribution in [-0.4, -0.2) is 70.0 Å². The van der Waals surface area contributed by atoms with Crippen LogP contribution in [0, 0.1) is 0 Å². The van der Waals surface area contributed by atoms with Crippen LogP contribution >= 0.6 is 7.82 Å². The van der Waals surface area contributed by atoms with Crippen LogP contribution in [0.4, 0.5) is 0 Å². The first kappa shape index (κ1) is 73.7. The first-order valence-electron chi connectivity index (χ1n) is 31.1. The molecule has 77 heavy (non-hydrogen) atoms. The van der Waals surface area contributed by atoms with Gasteiger partial charge in [-0.25, -0.2) is 0 Å². The summed E-state index contributed by atoms with van der Waals surface area (Å²) >= 11 is 0. The minimum Gasteiger partial charge on any atom is -0.756 e. The summed E-state index contributed by atoms with van der Waals surface area (Å²) in [5.74, 6) is -0.844. The molecule has 0 aromatic rings. The SMILES string of the molecule is CC/C=C\C/C=C\C/C=C\C/C=C\C/C=C\C/C=C\C/C=C\C/C=C\CCCCCCCCCCCCCCCCCCC(=O)OC(COC(=O)CCCCCCC/C=C\CCCCC)COP(=O)([O-])OCC[N+](C)(C)C. The van der Waals surface area contributed by atoms with E-state index >= 15 is 0 Å². The summed E-state index contributed by atoms with van der Waals surface area (Å²) < 4.78 is 34.1. The zero-order valence-electron chi connectivity index (χ0n) is 50.1. The number of phosphoric ester groups is 1. The van der Waals surface area contributed by atoms with Crippen molar-refractivity contribution in [3.63, 3.8) is 0 Å². The summed E-state index contributed by atoms with van der Waals surface area (Å²) in [5, 5.41) is 0. The van der Waals surface area contributed by atoms with Crippen LogP contribution in [0.1, 0.15) is 251 Å². The lowest BCUT2D eigenvalue weighted by atomic mass is 10.0. The van der Waals surface area contributed by atoms with Gasteiger partial charge in [0.25, 0.3) is 7.82 Å². The number of nitrogens with zero attached hydrogens (tertiary/aromatic N) is 1. The zero-order chi connectivity index (χ0) is 56.3. The molecule has 0 spiro atoms. The second-order valence-corrected chi connectivity index (χ2v) is 23.1. The second kappa shape index (κ2) is 57.4. The molecule has 0 bridgehead atoms. The van der Waals surface area contributed by atoms with Crippen molar-refractivity contribution in [2.45, 2.75) is 258 Å². The van der Waals surface area contributed by atoms with E-state index < -0.39 is 32.5 Å². The number of esters is 2. The van der Waals surface area contributed by atoms with Gasteiger partial charge in [0.05, 0.1) is 27.7 Å². The number of unbranched alkanes of at least 4 members (excludes halogenated alkanes) is 24. The Morgan fingerprint density at radius 1 is 0.416 bits per heavy atom. The highest BCUT2D eigenvalue weighted by molar-refractivity contribution is 7.45. The van der Waals surface area contributed by atoms with Crippen LogP contribution in [0.3, 0.4) is 0 Å². The average molecular weight is 1090 g/mol. The van der Waals surface area contributed by atoms with Gasteiger partial charge in [-0.2, -0.15) is 0 Å². The Hall–Kier alpha value is -3.33. The van der Waals surface area contributed by atoms with E-state index in [1.54, 1.807) is 0 Å². The summed E-state index contributed by atoms with van der Waals surface area (Å²) in [4.78, 5) is 37.8. The van der Waals surface area contributed by atoms with Gasteiger partial charge in [0.2, 0.25) is 0 Å². The number of quaternary nitrogens is 1. The van der Waals surface area contributed by atoms with Gasteiger partial charge in [0.1, 0.15) is 19.8 Å². The van der Waals surface area contributed by atoms with Crippen molar-refractivity contribution in [3.8, 4) is 0 Å². The van der Waals surface area contributed by atoms with Crippen molar-refractivity contribution < 1.29 is 42.1 Å². The predicted molar refractivity (Wildman–Crippen MR) is 328 cm³/mol. The third-order valence-corrected chi connectivity index (χ3v) is 14.0. The lowest BCUT2D eigenvalue weighted by molar-refractivity contribution is -0.870. The van der Waals surface area contributed by atoms with Crippen molar-refractivity contribution in [3.05, 3.63) is 109 Å². The summed E-state index contributed by atoms with van der Waals surface area (Å²) in [6.45, 7) is 4.09. The largest absolute Gasteiger partial charge is 0.756 e. The second-order valence-electron chi connectivity index (χ2n) is 21.7. The molecule has 0 aromatic heterocycles. The molecule has 0 aliphatic rings. The highest BCUT2D eigenvalue weighted by Gasteiger charge is 2.22. The smallest absolute Gasteiger partial charge is 0.306 e. The van der Waals surface area contributed by atoms with Crippen molar-refractivity contribution >= 4 is 19.8 Å².